The summed E-state index contributed by atoms with van der Waals surface area (Å²) in [5.41, 5.74) is 2.79. The summed E-state index contributed by atoms with van der Waals surface area (Å²) in [4.78, 5) is 0. The zero-order valence-electron chi connectivity index (χ0n) is 14.7. The van der Waals surface area contributed by atoms with Crippen molar-refractivity contribution in [3.63, 3.8) is 0 Å². The SMILES string of the molecule is CC(F)C[C@H]1Cc2cc(O)ccc2[C@H]2CC[C@]3(C)C[C@H](O)C[C@H]3[C@H]12. The van der Waals surface area contributed by atoms with Crippen molar-refractivity contribution in [3.8, 4) is 5.75 Å². The molecule has 2 saturated carbocycles. The maximum atomic E-state index is 13.9. The van der Waals surface area contributed by atoms with Crippen molar-refractivity contribution in [1.29, 1.82) is 0 Å². The lowest BCUT2D eigenvalue weighted by Crippen LogP contribution is -2.44. The number of halogens is 1. The second kappa shape index (κ2) is 5.72. The standard InChI is InChI=1S/C21H29FO2/c1-12(22)7-14-8-13-9-15(23)3-4-17(13)18-5-6-21(2)11-16(24)10-19(21)20(14)18/h3-4,9,12,14,16,18-20,23-24H,5-8,10-11H2,1-2H3/t12?,14-,16+,18+,19-,20+,21+/m0/s1. The largest absolute Gasteiger partial charge is 0.508 e. The fraction of sp³-hybridized carbons (Fsp3) is 0.714. The van der Waals surface area contributed by atoms with Gasteiger partial charge in [0, 0.05) is 0 Å². The van der Waals surface area contributed by atoms with Gasteiger partial charge in [-0.3, -0.25) is 0 Å². The minimum atomic E-state index is -0.797. The smallest absolute Gasteiger partial charge is 0.115 e. The number of aromatic hydroxyl groups is 1. The van der Waals surface area contributed by atoms with Crippen molar-refractivity contribution in [1.82, 2.24) is 0 Å². The fourth-order valence-electron chi connectivity index (χ4n) is 6.44. The Bertz CT molecular complexity index is 628. The maximum absolute atomic E-state index is 13.9. The molecule has 0 bridgehead atoms. The average molecular weight is 332 g/mol. The predicted octanol–water partition coefficient (Wildman–Crippen LogP) is 4.58. The summed E-state index contributed by atoms with van der Waals surface area (Å²) in [7, 11) is 0. The molecule has 4 rings (SSSR count). The number of rotatable bonds is 2. The highest BCUT2D eigenvalue weighted by Gasteiger charge is 2.55. The van der Waals surface area contributed by atoms with Gasteiger partial charge in [0.05, 0.1) is 12.3 Å². The topological polar surface area (TPSA) is 40.5 Å². The molecule has 0 aromatic heterocycles. The molecule has 0 spiro atoms. The summed E-state index contributed by atoms with van der Waals surface area (Å²) < 4.78 is 13.9. The van der Waals surface area contributed by atoms with Crippen LogP contribution in [0.5, 0.6) is 5.75 Å². The van der Waals surface area contributed by atoms with Crippen LogP contribution in [0.25, 0.3) is 0 Å². The number of benzene rings is 1. The lowest BCUT2D eigenvalue weighted by Gasteiger charge is -2.52. The van der Waals surface area contributed by atoms with Gasteiger partial charge in [-0.25, -0.2) is 4.39 Å². The van der Waals surface area contributed by atoms with Gasteiger partial charge >= 0.3 is 0 Å². The van der Waals surface area contributed by atoms with Crippen molar-refractivity contribution in [2.45, 2.75) is 70.6 Å². The molecular formula is C21H29FO2. The van der Waals surface area contributed by atoms with E-state index in [4.69, 9.17) is 0 Å². The molecule has 7 atom stereocenters. The van der Waals surface area contributed by atoms with E-state index in [1.807, 2.05) is 6.07 Å². The molecule has 3 aliphatic rings. The minimum absolute atomic E-state index is 0.191. The summed E-state index contributed by atoms with van der Waals surface area (Å²) >= 11 is 0. The molecule has 2 nitrogen and oxygen atoms in total. The predicted molar refractivity (Wildman–Crippen MR) is 92.8 cm³/mol. The molecule has 0 amide bonds. The molecule has 2 N–H and O–H groups in total. The number of fused-ring (bicyclic) bond motifs is 5. The second-order valence-corrected chi connectivity index (χ2v) is 8.94. The van der Waals surface area contributed by atoms with Gasteiger partial charge in [-0.05, 0) is 97.8 Å². The molecule has 0 saturated heterocycles. The molecule has 24 heavy (non-hydrogen) atoms. The van der Waals surface area contributed by atoms with Crippen LogP contribution in [0.3, 0.4) is 0 Å². The Morgan fingerprint density at radius 1 is 1.38 bits per heavy atom. The first-order valence-electron chi connectivity index (χ1n) is 9.51. The fourth-order valence-corrected chi connectivity index (χ4v) is 6.44. The summed E-state index contributed by atoms with van der Waals surface area (Å²) in [5, 5.41) is 20.2. The number of aliphatic hydroxyl groups excluding tert-OH is 1. The van der Waals surface area contributed by atoms with Gasteiger partial charge in [-0.1, -0.05) is 13.0 Å². The quantitative estimate of drug-likeness (QED) is 0.832. The molecule has 3 aliphatic carbocycles. The van der Waals surface area contributed by atoms with Crippen LogP contribution in [0, 0.1) is 23.2 Å². The molecule has 0 aliphatic heterocycles. The van der Waals surface area contributed by atoms with Crippen LogP contribution in [0.4, 0.5) is 4.39 Å². The Labute approximate surface area is 144 Å². The Kier molecular flexibility index (Phi) is 3.91. The van der Waals surface area contributed by atoms with Crippen LogP contribution >= 0.6 is 0 Å². The van der Waals surface area contributed by atoms with Gasteiger partial charge in [0.2, 0.25) is 0 Å². The lowest BCUT2D eigenvalue weighted by atomic mass is 9.52. The zero-order chi connectivity index (χ0) is 17.1. The van der Waals surface area contributed by atoms with Crippen molar-refractivity contribution in [2.24, 2.45) is 23.2 Å². The molecule has 0 heterocycles. The number of hydrogen-bond donors (Lipinski definition) is 2. The molecule has 1 unspecified atom stereocenters. The van der Waals surface area contributed by atoms with Gasteiger partial charge in [0.1, 0.15) is 5.75 Å². The third-order valence-electron chi connectivity index (χ3n) is 7.26. The zero-order valence-corrected chi connectivity index (χ0v) is 14.7. The van der Waals surface area contributed by atoms with Gasteiger partial charge in [0.25, 0.3) is 0 Å². The van der Waals surface area contributed by atoms with Gasteiger partial charge < -0.3 is 10.2 Å². The summed E-state index contributed by atoms with van der Waals surface area (Å²) in [6.07, 6.45) is 4.52. The molecule has 0 radical (unpaired) electrons. The van der Waals surface area contributed by atoms with E-state index in [1.165, 1.54) is 11.1 Å². The Morgan fingerprint density at radius 3 is 2.92 bits per heavy atom. The highest BCUT2D eigenvalue weighted by atomic mass is 19.1. The average Bonchev–Trinajstić information content (AvgIpc) is 2.80. The van der Waals surface area contributed by atoms with Gasteiger partial charge in [0.15, 0.2) is 0 Å². The third kappa shape index (κ3) is 2.56. The summed E-state index contributed by atoms with van der Waals surface area (Å²) in [6.45, 7) is 4.00. The van der Waals surface area contributed by atoms with E-state index in [1.54, 1.807) is 13.0 Å². The maximum Gasteiger partial charge on any atom is 0.115 e. The van der Waals surface area contributed by atoms with Crippen LogP contribution in [0.2, 0.25) is 0 Å². The monoisotopic (exact) mass is 332 g/mol. The van der Waals surface area contributed by atoms with Crippen LogP contribution < -0.4 is 0 Å². The van der Waals surface area contributed by atoms with Crippen molar-refractivity contribution in [3.05, 3.63) is 29.3 Å². The van der Waals surface area contributed by atoms with Gasteiger partial charge in [-0.2, -0.15) is 0 Å². The minimum Gasteiger partial charge on any atom is -0.508 e. The lowest BCUT2D eigenvalue weighted by molar-refractivity contribution is 0.0168. The van der Waals surface area contributed by atoms with E-state index < -0.39 is 6.17 Å². The number of phenolic OH excluding ortho intramolecular Hbond substituents is 1. The number of phenols is 1. The molecule has 1 aromatic carbocycles. The Balaban J connectivity index is 1.75. The Morgan fingerprint density at radius 2 is 2.17 bits per heavy atom. The molecular weight excluding hydrogens is 303 g/mol. The summed E-state index contributed by atoms with van der Waals surface area (Å²) in [5.74, 6) is 2.06. The van der Waals surface area contributed by atoms with Crippen LogP contribution in [-0.2, 0) is 6.42 Å². The number of alkyl halides is 1. The molecule has 132 valence electrons. The third-order valence-corrected chi connectivity index (χ3v) is 7.26. The van der Waals surface area contributed by atoms with Crippen molar-refractivity contribution >= 4 is 0 Å². The normalized spacial score (nSPS) is 42.1. The first-order valence-corrected chi connectivity index (χ1v) is 9.51. The van der Waals surface area contributed by atoms with E-state index in [2.05, 4.69) is 13.0 Å². The van der Waals surface area contributed by atoms with E-state index in [9.17, 15) is 14.6 Å². The number of aliphatic hydroxyl groups is 1. The summed E-state index contributed by atoms with van der Waals surface area (Å²) in [6, 6.07) is 5.77. The van der Waals surface area contributed by atoms with E-state index in [0.29, 0.717) is 35.8 Å². The van der Waals surface area contributed by atoms with Crippen LogP contribution in [-0.4, -0.2) is 22.5 Å². The van der Waals surface area contributed by atoms with E-state index in [0.717, 1.165) is 32.1 Å². The molecule has 1 aromatic rings. The highest BCUT2D eigenvalue weighted by Crippen LogP contribution is 2.62. The van der Waals surface area contributed by atoms with Crippen molar-refractivity contribution < 1.29 is 14.6 Å². The Hall–Kier alpha value is -1.09. The number of hydrogen-bond acceptors (Lipinski definition) is 2. The van der Waals surface area contributed by atoms with Crippen LogP contribution in [0.1, 0.15) is 63.0 Å². The van der Waals surface area contributed by atoms with Gasteiger partial charge in [-0.15, -0.1) is 0 Å². The molecule has 3 heteroatoms. The first kappa shape index (κ1) is 16.4. The highest BCUT2D eigenvalue weighted by molar-refractivity contribution is 5.40. The van der Waals surface area contributed by atoms with E-state index >= 15 is 0 Å². The molecule has 2 fully saturated rings. The second-order valence-electron chi connectivity index (χ2n) is 8.94. The van der Waals surface area contributed by atoms with E-state index in [-0.39, 0.29) is 11.5 Å². The van der Waals surface area contributed by atoms with Crippen LogP contribution in [0.15, 0.2) is 18.2 Å². The first-order chi connectivity index (χ1) is 11.4. The van der Waals surface area contributed by atoms with Crippen molar-refractivity contribution in [2.75, 3.05) is 0 Å².